The van der Waals surface area contributed by atoms with Crippen LogP contribution in [0.4, 0.5) is 0 Å². The number of rotatable bonds is 2. The number of primary amides is 1. The summed E-state index contributed by atoms with van der Waals surface area (Å²) in [4.78, 5) is 14.4. The van der Waals surface area contributed by atoms with Crippen molar-refractivity contribution >= 4 is 28.4 Å². The average molecular weight is 261 g/mol. The molecule has 90 valence electrons. The zero-order valence-corrected chi connectivity index (χ0v) is 9.95. The van der Waals surface area contributed by atoms with Crippen molar-refractivity contribution in [1.82, 2.24) is 15.2 Å². The Morgan fingerprint density at radius 2 is 2.17 bits per heavy atom. The second-order valence-corrected chi connectivity index (χ2v) is 4.35. The topological polar surface area (TPSA) is 87.6 Å². The third-order valence-electron chi connectivity index (χ3n) is 2.79. The summed E-state index contributed by atoms with van der Waals surface area (Å²) in [6.45, 7) is 0. The Labute approximate surface area is 107 Å². The molecule has 3 rings (SSSR count). The van der Waals surface area contributed by atoms with Crippen LogP contribution in [0.3, 0.4) is 0 Å². The number of aromatic amines is 2. The Morgan fingerprint density at radius 1 is 1.33 bits per heavy atom. The lowest BCUT2D eigenvalue weighted by Gasteiger charge is -2.04. The molecule has 2 aromatic heterocycles. The number of nitrogens with one attached hydrogen (secondary N) is 2. The number of halogens is 1. The summed E-state index contributed by atoms with van der Waals surface area (Å²) in [7, 11) is 0. The van der Waals surface area contributed by atoms with E-state index in [2.05, 4.69) is 15.2 Å². The van der Waals surface area contributed by atoms with Gasteiger partial charge in [-0.25, -0.2) is 0 Å². The van der Waals surface area contributed by atoms with E-state index >= 15 is 0 Å². The molecule has 0 aliphatic heterocycles. The molecule has 0 radical (unpaired) electrons. The lowest BCUT2D eigenvalue weighted by atomic mass is 10.0. The first kappa shape index (κ1) is 10.9. The Morgan fingerprint density at radius 3 is 2.94 bits per heavy atom. The van der Waals surface area contributed by atoms with Gasteiger partial charge in [0.05, 0.1) is 5.52 Å². The molecule has 0 spiro atoms. The molecular weight excluding hydrogens is 252 g/mol. The van der Waals surface area contributed by atoms with Gasteiger partial charge in [-0.15, -0.1) is 0 Å². The summed E-state index contributed by atoms with van der Waals surface area (Å²) in [6.07, 6.45) is 3.60. The summed E-state index contributed by atoms with van der Waals surface area (Å²) in [5, 5.41) is 8.49. The molecular formula is C12H9ClN4O. The summed E-state index contributed by atoms with van der Waals surface area (Å²) in [6, 6.07) is 4.92. The van der Waals surface area contributed by atoms with Crippen LogP contribution in [0.5, 0.6) is 0 Å². The van der Waals surface area contributed by atoms with E-state index in [1.165, 1.54) is 0 Å². The van der Waals surface area contributed by atoms with Crippen molar-refractivity contribution in [2.24, 2.45) is 5.73 Å². The maximum Gasteiger partial charge on any atom is 0.249 e. The number of nitrogens with zero attached hydrogens (tertiary/aromatic N) is 1. The van der Waals surface area contributed by atoms with Crippen LogP contribution >= 0.6 is 11.6 Å². The molecule has 1 aromatic carbocycles. The summed E-state index contributed by atoms with van der Waals surface area (Å²) in [5.74, 6) is -0.506. The number of benzene rings is 1. The lowest BCUT2D eigenvalue weighted by Crippen LogP contribution is -2.12. The first-order valence-electron chi connectivity index (χ1n) is 5.27. The number of carbonyl (C=O) groups excluding carboxylic acids is 1. The van der Waals surface area contributed by atoms with Crippen LogP contribution in [0, 0.1) is 0 Å². The van der Waals surface area contributed by atoms with Crippen LogP contribution < -0.4 is 5.73 Å². The number of nitrogens with two attached hydrogens (primary N) is 1. The predicted octanol–water partition coefficient (Wildman–Crippen LogP) is 2.31. The van der Waals surface area contributed by atoms with Crippen molar-refractivity contribution in [2.45, 2.75) is 0 Å². The first-order valence-corrected chi connectivity index (χ1v) is 5.65. The van der Waals surface area contributed by atoms with Crippen molar-refractivity contribution in [3.63, 3.8) is 0 Å². The monoisotopic (exact) mass is 260 g/mol. The number of H-pyrrole nitrogens is 2. The van der Waals surface area contributed by atoms with Gasteiger partial charge in [-0.05, 0) is 18.2 Å². The zero-order chi connectivity index (χ0) is 12.7. The van der Waals surface area contributed by atoms with Crippen molar-refractivity contribution in [1.29, 1.82) is 0 Å². The van der Waals surface area contributed by atoms with E-state index in [-0.39, 0.29) is 0 Å². The van der Waals surface area contributed by atoms with E-state index in [0.29, 0.717) is 21.8 Å². The number of aromatic nitrogens is 3. The fourth-order valence-corrected chi connectivity index (χ4v) is 2.13. The van der Waals surface area contributed by atoms with Crippen LogP contribution in [-0.4, -0.2) is 21.1 Å². The fraction of sp³-hybridized carbons (Fsp3) is 0. The van der Waals surface area contributed by atoms with Gasteiger partial charge in [0.25, 0.3) is 0 Å². The number of carbonyl (C=O) groups is 1. The maximum absolute atomic E-state index is 11.4. The second-order valence-electron chi connectivity index (χ2n) is 3.91. The maximum atomic E-state index is 11.4. The fourth-order valence-electron chi connectivity index (χ4n) is 1.96. The highest BCUT2D eigenvalue weighted by atomic mass is 35.5. The molecule has 2 heterocycles. The van der Waals surface area contributed by atoms with Crippen molar-refractivity contribution in [2.75, 3.05) is 0 Å². The average Bonchev–Trinajstić information content (AvgIpc) is 2.89. The largest absolute Gasteiger partial charge is 0.366 e. The summed E-state index contributed by atoms with van der Waals surface area (Å²) < 4.78 is 0. The van der Waals surface area contributed by atoms with Crippen molar-refractivity contribution in [3.8, 4) is 11.3 Å². The molecule has 0 bridgehead atoms. The molecule has 0 aliphatic rings. The van der Waals surface area contributed by atoms with E-state index in [0.717, 1.165) is 10.9 Å². The number of hydrogen-bond acceptors (Lipinski definition) is 2. The van der Waals surface area contributed by atoms with Gasteiger partial charge < -0.3 is 10.7 Å². The summed E-state index contributed by atoms with van der Waals surface area (Å²) >= 11 is 5.97. The standard InChI is InChI=1S/C12H9ClN4O/c13-6-1-2-7(12(14)18)8(3-6)11-9-4-15-5-10(9)16-17-11/h1-5,15-16H,(H2,14,18). The minimum atomic E-state index is -0.506. The van der Waals surface area contributed by atoms with Crippen molar-refractivity contribution < 1.29 is 4.79 Å². The van der Waals surface area contributed by atoms with Crippen LogP contribution in [0.2, 0.25) is 5.02 Å². The van der Waals surface area contributed by atoms with Crippen LogP contribution in [0.25, 0.3) is 22.2 Å². The van der Waals surface area contributed by atoms with E-state index in [4.69, 9.17) is 17.3 Å². The number of hydrogen-bond donors (Lipinski definition) is 3. The van der Waals surface area contributed by atoms with E-state index in [1.807, 2.05) is 0 Å². The highest BCUT2D eigenvalue weighted by Gasteiger charge is 2.16. The molecule has 0 unspecified atom stereocenters. The molecule has 0 atom stereocenters. The van der Waals surface area contributed by atoms with Crippen LogP contribution in [-0.2, 0) is 0 Å². The molecule has 0 aliphatic carbocycles. The van der Waals surface area contributed by atoms with Gasteiger partial charge in [0, 0.05) is 33.9 Å². The lowest BCUT2D eigenvalue weighted by molar-refractivity contribution is 0.100. The Bertz CT molecular complexity index is 743. The van der Waals surface area contributed by atoms with Gasteiger partial charge in [0.1, 0.15) is 5.69 Å². The third-order valence-corrected chi connectivity index (χ3v) is 3.03. The smallest absolute Gasteiger partial charge is 0.249 e. The quantitative estimate of drug-likeness (QED) is 0.660. The molecule has 3 aromatic rings. The van der Waals surface area contributed by atoms with Gasteiger partial charge >= 0.3 is 0 Å². The molecule has 18 heavy (non-hydrogen) atoms. The number of amides is 1. The molecule has 6 heteroatoms. The van der Waals surface area contributed by atoms with Gasteiger partial charge in [-0.1, -0.05) is 11.6 Å². The van der Waals surface area contributed by atoms with Crippen LogP contribution in [0.15, 0.2) is 30.6 Å². The second kappa shape index (κ2) is 3.89. The predicted molar refractivity (Wildman–Crippen MR) is 69.4 cm³/mol. The Balaban J connectivity index is 2.31. The Kier molecular flexibility index (Phi) is 2.34. The van der Waals surface area contributed by atoms with Gasteiger partial charge in [0.15, 0.2) is 0 Å². The molecule has 0 saturated heterocycles. The highest BCUT2D eigenvalue weighted by molar-refractivity contribution is 6.31. The minimum Gasteiger partial charge on any atom is -0.366 e. The van der Waals surface area contributed by atoms with Gasteiger partial charge in [-0.3, -0.25) is 9.89 Å². The van der Waals surface area contributed by atoms with E-state index in [9.17, 15) is 4.79 Å². The molecule has 0 saturated carbocycles. The SMILES string of the molecule is NC(=O)c1ccc(Cl)cc1-c1n[nH]c2c[nH]cc12. The molecule has 0 fully saturated rings. The first-order chi connectivity index (χ1) is 8.66. The van der Waals surface area contributed by atoms with E-state index in [1.54, 1.807) is 30.6 Å². The highest BCUT2D eigenvalue weighted by Crippen LogP contribution is 2.30. The summed E-state index contributed by atoms with van der Waals surface area (Å²) in [5.41, 5.74) is 7.90. The van der Waals surface area contributed by atoms with Crippen molar-refractivity contribution in [3.05, 3.63) is 41.2 Å². The van der Waals surface area contributed by atoms with Crippen LogP contribution in [0.1, 0.15) is 10.4 Å². The van der Waals surface area contributed by atoms with Gasteiger partial charge in [-0.2, -0.15) is 5.10 Å². The van der Waals surface area contributed by atoms with Gasteiger partial charge in [0.2, 0.25) is 5.91 Å². The number of fused-ring (bicyclic) bond motifs is 1. The molecule has 1 amide bonds. The normalized spacial score (nSPS) is 10.9. The Hall–Kier alpha value is -2.27. The molecule has 5 nitrogen and oxygen atoms in total. The zero-order valence-electron chi connectivity index (χ0n) is 9.20. The van der Waals surface area contributed by atoms with E-state index < -0.39 is 5.91 Å². The third kappa shape index (κ3) is 1.56. The minimum absolute atomic E-state index is 0.397. The molecule has 4 N–H and O–H groups in total.